The standard InChI is InChI=1S/C15H21NO4/c1-4-6-13(15(19)20-5-2)16-10-12(7-8-17)11(3)9-14(16)18/h8-10,13H,4-7H2,1-3H3. The fraction of sp³-hybridized carbons (Fsp3) is 0.533. The minimum Gasteiger partial charge on any atom is -0.464 e. The van der Waals surface area contributed by atoms with Gasteiger partial charge in [-0.05, 0) is 31.4 Å². The molecule has 5 heteroatoms. The zero-order valence-electron chi connectivity index (χ0n) is 12.2. The van der Waals surface area contributed by atoms with Crippen LogP contribution in [0.4, 0.5) is 0 Å². The maximum atomic E-state index is 12.1. The highest BCUT2D eigenvalue weighted by atomic mass is 16.5. The summed E-state index contributed by atoms with van der Waals surface area (Å²) in [4.78, 5) is 34.8. The van der Waals surface area contributed by atoms with Gasteiger partial charge in [-0.15, -0.1) is 0 Å². The molecule has 1 heterocycles. The number of pyridine rings is 1. The predicted octanol–water partition coefficient (Wildman–Crippen LogP) is 1.80. The Morgan fingerprint density at radius 1 is 1.45 bits per heavy atom. The van der Waals surface area contributed by atoms with Crippen LogP contribution in [0.2, 0.25) is 0 Å². The number of aryl methyl sites for hydroxylation is 1. The number of aromatic nitrogens is 1. The van der Waals surface area contributed by atoms with Gasteiger partial charge in [0.2, 0.25) is 0 Å². The van der Waals surface area contributed by atoms with Gasteiger partial charge in [-0.1, -0.05) is 13.3 Å². The molecule has 0 saturated carbocycles. The number of carbonyl (C=O) groups is 2. The lowest BCUT2D eigenvalue weighted by molar-refractivity contribution is -0.147. The Morgan fingerprint density at radius 2 is 2.15 bits per heavy atom. The van der Waals surface area contributed by atoms with Crippen LogP contribution in [0.15, 0.2) is 17.1 Å². The number of esters is 1. The third-order valence-corrected chi connectivity index (χ3v) is 3.16. The van der Waals surface area contributed by atoms with Crippen molar-refractivity contribution in [2.75, 3.05) is 6.61 Å². The molecule has 1 aromatic rings. The summed E-state index contributed by atoms with van der Waals surface area (Å²) in [6, 6.07) is 0.833. The molecule has 0 radical (unpaired) electrons. The van der Waals surface area contributed by atoms with Crippen molar-refractivity contribution in [2.24, 2.45) is 0 Å². The Labute approximate surface area is 118 Å². The average Bonchev–Trinajstić information content (AvgIpc) is 2.40. The van der Waals surface area contributed by atoms with E-state index in [-0.39, 0.29) is 18.6 Å². The molecule has 1 atom stereocenters. The van der Waals surface area contributed by atoms with Crippen molar-refractivity contribution in [1.29, 1.82) is 0 Å². The first-order chi connectivity index (χ1) is 9.54. The van der Waals surface area contributed by atoms with Crippen LogP contribution in [0.5, 0.6) is 0 Å². The van der Waals surface area contributed by atoms with E-state index in [0.717, 1.165) is 23.8 Å². The second kappa shape index (κ2) is 7.62. The molecule has 0 aromatic carbocycles. The molecule has 0 aliphatic carbocycles. The Morgan fingerprint density at radius 3 is 2.70 bits per heavy atom. The average molecular weight is 279 g/mol. The normalized spacial score (nSPS) is 11.9. The molecule has 0 spiro atoms. The molecule has 1 rings (SSSR count). The van der Waals surface area contributed by atoms with Crippen LogP contribution in [0.3, 0.4) is 0 Å². The first-order valence-electron chi connectivity index (χ1n) is 6.87. The quantitative estimate of drug-likeness (QED) is 0.564. The number of rotatable bonds is 7. The third kappa shape index (κ3) is 3.79. The predicted molar refractivity (Wildman–Crippen MR) is 75.8 cm³/mol. The monoisotopic (exact) mass is 279 g/mol. The van der Waals surface area contributed by atoms with E-state index < -0.39 is 12.0 Å². The first kappa shape index (κ1) is 16.1. The van der Waals surface area contributed by atoms with E-state index in [1.54, 1.807) is 20.0 Å². The number of hydrogen-bond donors (Lipinski definition) is 0. The van der Waals surface area contributed by atoms with Crippen molar-refractivity contribution >= 4 is 12.3 Å². The topological polar surface area (TPSA) is 65.4 Å². The van der Waals surface area contributed by atoms with Gasteiger partial charge in [0, 0.05) is 18.7 Å². The van der Waals surface area contributed by atoms with Crippen molar-refractivity contribution in [3.63, 3.8) is 0 Å². The largest absolute Gasteiger partial charge is 0.464 e. The Balaban J connectivity index is 3.24. The van der Waals surface area contributed by atoms with Gasteiger partial charge in [-0.25, -0.2) is 4.79 Å². The first-order valence-corrected chi connectivity index (χ1v) is 6.87. The molecule has 1 unspecified atom stereocenters. The minimum atomic E-state index is -0.626. The summed E-state index contributed by atoms with van der Waals surface area (Å²) in [5, 5.41) is 0. The van der Waals surface area contributed by atoms with Crippen molar-refractivity contribution in [3.05, 3.63) is 33.7 Å². The molecule has 5 nitrogen and oxygen atoms in total. The Hall–Kier alpha value is -1.91. The van der Waals surface area contributed by atoms with Crippen molar-refractivity contribution in [2.45, 2.75) is 46.1 Å². The molecule has 1 aromatic heterocycles. The van der Waals surface area contributed by atoms with Crippen LogP contribution in [0, 0.1) is 6.92 Å². The van der Waals surface area contributed by atoms with Crippen molar-refractivity contribution in [3.8, 4) is 0 Å². The van der Waals surface area contributed by atoms with E-state index in [9.17, 15) is 14.4 Å². The molecule has 110 valence electrons. The summed E-state index contributed by atoms with van der Waals surface area (Å²) in [7, 11) is 0. The summed E-state index contributed by atoms with van der Waals surface area (Å²) in [5.74, 6) is -0.405. The maximum Gasteiger partial charge on any atom is 0.329 e. The zero-order valence-corrected chi connectivity index (χ0v) is 12.2. The lowest BCUT2D eigenvalue weighted by Crippen LogP contribution is -2.31. The second-order valence-electron chi connectivity index (χ2n) is 4.65. The lowest BCUT2D eigenvalue weighted by Gasteiger charge is -2.19. The van der Waals surface area contributed by atoms with Crippen LogP contribution in [0.25, 0.3) is 0 Å². The Kier molecular flexibility index (Phi) is 6.15. The van der Waals surface area contributed by atoms with Crippen LogP contribution in [0.1, 0.15) is 43.9 Å². The number of aldehydes is 1. The molecule has 0 bridgehead atoms. The van der Waals surface area contributed by atoms with Gasteiger partial charge in [-0.2, -0.15) is 0 Å². The van der Waals surface area contributed by atoms with E-state index in [2.05, 4.69) is 0 Å². The number of nitrogens with zero attached hydrogens (tertiary/aromatic N) is 1. The van der Waals surface area contributed by atoms with E-state index in [1.807, 2.05) is 6.92 Å². The fourth-order valence-electron chi connectivity index (χ4n) is 2.12. The maximum absolute atomic E-state index is 12.1. The summed E-state index contributed by atoms with van der Waals surface area (Å²) in [6.07, 6.45) is 3.91. The number of carbonyl (C=O) groups excluding carboxylic acids is 2. The van der Waals surface area contributed by atoms with Crippen LogP contribution in [-0.2, 0) is 20.7 Å². The van der Waals surface area contributed by atoms with E-state index in [4.69, 9.17) is 4.74 Å². The SMILES string of the molecule is CCCC(C(=O)OCC)n1cc(CC=O)c(C)cc1=O. The minimum absolute atomic E-state index is 0.230. The number of hydrogen-bond acceptors (Lipinski definition) is 4. The van der Waals surface area contributed by atoms with Gasteiger partial charge in [0.15, 0.2) is 0 Å². The highest BCUT2D eigenvalue weighted by molar-refractivity contribution is 5.74. The number of ether oxygens (including phenoxy) is 1. The van der Waals surface area contributed by atoms with Crippen molar-refractivity contribution in [1.82, 2.24) is 4.57 Å². The van der Waals surface area contributed by atoms with Crippen molar-refractivity contribution < 1.29 is 14.3 Å². The lowest BCUT2D eigenvalue weighted by atomic mass is 10.1. The molecule has 0 fully saturated rings. The van der Waals surface area contributed by atoms with Gasteiger partial charge in [-0.3, -0.25) is 4.79 Å². The van der Waals surface area contributed by atoms with E-state index in [1.165, 1.54) is 10.6 Å². The van der Waals surface area contributed by atoms with Gasteiger partial charge < -0.3 is 14.1 Å². The van der Waals surface area contributed by atoms with Crippen LogP contribution in [-0.4, -0.2) is 23.4 Å². The molecular formula is C15H21NO4. The molecule has 0 aliphatic heterocycles. The smallest absolute Gasteiger partial charge is 0.329 e. The molecule has 0 aliphatic rings. The van der Waals surface area contributed by atoms with Gasteiger partial charge in [0.05, 0.1) is 6.61 Å². The highest BCUT2D eigenvalue weighted by Gasteiger charge is 2.22. The summed E-state index contributed by atoms with van der Waals surface area (Å²) in [6.45, 7) is 5.74. The molecular weight excluding hydrogens is 258 g/mol. The highest BCUT2D eigenvalue weighted by Crippen LogP contribution is 2.16. The summed E-state index contributed by atoms with van der Waals surface area (Å²) in [5.41, 5.74) is 1.27. The summed E-state index contributed by atoms with van der Waals surface area (Å²) < 4.78 is 6.41. The molecule has 20 heavy (non-hydrogen) atoms. The second-order valence-corrected chi connectivity index (χ2v) is 4.65. The fourth-order valence-corrected chi connectivity index (χ4v) is 2.12. The molecule has 0 amide bonds. The van der Waals surface area contributed by atoms with Gasteiger partial charge in [0.25, 0.3) is 5.56 Å². The molecule has 0 N–H and O–H groups in total. The Bertz CT molecular complexity index is 533. The zero-order chi connectivity index (χ0) is 15.1. The summed E-state index contributed by atoms with van der Waals surface area (Å²) >= 11 is 0. The third-order valence-electron chi connectivity index (χ3n) is 3.16. The van der Waals surface area contributed by atoms with E-state index >= 15 is 0 Å². The molecule has 0 saturated heterocycles. The van der Waals surface area contributed by atoms with Crippen LogP contribution >= 0.6 is 0 Å². The van der Waals surface area contributed by atoms with Crippen LogP contribution < -0.4 is 5.56 Å². The van der Waals surface area contributed by atoms with Gasteiger partial charge in [0.1, 0.15) is 12.3 Å². The van der Waals surface area contributed by atoms with E-state index in [0.29, 0.717) is 6.42 Å². The van der Waals surface area contributed by atoms with Gasteiger partial charge >= 0.3 is 5.97 Å².